The zero-order chi connectivity index (χ0) is 17.8. The highest BCUT2D eigenvalue weighted by molar-refractivity contribution is 6.31. The van der Waals surface area contributed by atoms with E-state index in [-0.39, 0.29) is 18.1 Å². The van der Waals surface area contributed by atoms with Gasteiger partial charge in [0, 0.05) is 17.4 Å². The molecule has 3 rings (SSSR count). The Morgan fingerprint density at radius 3 is 2.72 bits per heavy atom. The van der Waals surface area contributed by atoms with Gasteiger partial charge in [-0.05, 0) is 17.7 Å². The Labute approximate surface area is 147 Å². The number of carbonyl (C=O) groups excluding carboxylic acids is 1. The van der Waals surface area contributed by atoms with Crippen LogP contribution in [-0.4, -0.2) is 36.5 Å². The van der Waals surface area contributed by atoms with E-state index in [1.807, 2.05) is 18.2 Å². The molecular weight excluding hydrogens is 346 g/mol. The molecule has 0 radical (unpaired) electrons. The van der Waals surface area contributed by atoms with Crippen molar-refractivity contribution in [2.75, 3.05) is 5.32 Å². The van der Waals surface area contributed by atoms with E-state index in [0.29, 0.717) is 17.3 Å². The lowest BCUT2D eigenvalue weighted by molar-refractivity contribution is -0.116. The number of carbonyl (C=O) groups is 2. The molecule has 0 saturated heterocycles. The van der Waals surface area contributed by atoms with Crippen molar-refractivity contribution in [2.24, 2.45) is 0 Å². The summed E-state index contributed by atoms with van der Waals surface area (Å²) in [7, 11) is 0. The first-order chi connectivity index (χ1) is 12.0. The van der Waals surface area contributed by atoms with Crippen molar-refractivity contribution in [2.45, 2.75) is 13.1 Å². The van der Waals surface area contributed by atoms with Gasteiger partial charge in [-0.1, -0.05) is 29.8 Å². The third-order valence-electron chi connectivity index (χ3n) is 3.37. The molecule has 25 heavy (non-hydrogen) atoms. The monoisotopic (exact) mass is 359 g/mol. The van der Waals surface area contributed by atoms with E-state index < -0.39 is 5.97 Å². The standard InChI is InChI=1S/C16H14ClN5O3/c17-13-4-2-1-3-11(13)8-22-9-12(7-18-22)19-15(23)10-21-6-5-14(20-21)16(24)25/h1-7,9H,8,10H2,(H,19,23)(H,24,25). The van der Waals surface area contributed by atoms with Gasteiger partial charge in [0.2, 0.25) is 5.91 Å². The summed E-state index contributed by atoms with van der Waals surface area (Å²) in [5, 5.41) is 20.1. The van der Waals surface area contributed by atoms with Crippen LogP contribution in [0.5, 0.6) is 0 Å². The van der Waals surface area contributed by atoms with Crippen LogP contribution >= 0.6 is 11.6 Å². The average molecular weight is 360 g/mol. The molecule has 2 aromatic heterocycles. The Hall–Kier alpha value is -3.13. The maximum Gasteiger partial charge on any atom is 0.356 e. The SMILES string of the molecule is O=C(Cn1ccc(C(=O)O)n1)Nc1cnn(Cc2ccccc2Cl)c1. The minimum atomic E-state index is -1.14. The molecule has 9 heteroatoms. The molecular formula is C16H14ClN5O3. The quantitative estimate of drug-likeness (QED) is 0.701. The Balaban J connectivity index is 1.59. The number of hydrogen-bond donors (Lipinski definition) is 2. The summed E-state index contributed by atoms with van der Waals surface area (Å²) in [6.45, 7) is 0.389. The molecule has 0 spiro atoms. The highest BCUT2D eigenvalue weighted by atomic mass is 35.5. The van der Waals surface area contributed by atoms with Crippen LogP contribution in [0.1, 0.15) is 16.1 Å². The third kappa shape index (κ3) is 4.24. The Kier molecular flexibility index (Phi) is 4.80. The third-order valence-corrected chi connectivity index (χ3v) is 3.74. The maximum atomic E-state index is 12.0. The summed E-state index contributed by atoms with van der Waals surface area (Å²) in [4.78, 5) is 22.8. The van der Waals surface area contributed by atoms with Crippen LogP contribution < -0.4 is 5.32 Å². The lowest BCUT2D eigenvalue weighted by Crippen LogP contribution is -2.19. The van der Waals surface area contributed by atoms with Crippen molar-refractivity contribution >= 4 is 29.2 Å². The molecule has 1 amide bonds. The predicted octanol–water partition coefficient (Wildman–Crippen LogP) is 2.12. The number of aromatic nitrogens is 4. The van der Waals surface area contributed by atoms with Crippen molar-refractivity contribution in [3.05, 3.63) is 65.2 Å². The second-order valence-electron chi connectivity index (χ2n) is 5.27. The number of halogens is 1. The topological polar surface area (TPSA) is 102 Å². The van der Waals surface area contributed by atoms with Crippen LogP contribution in [-0.2, 0) is 17.9 Å². The number of anilines is 1. The van der Waals surface area contributed by atoms with E-state index in [9.17, 15) is 9.59 Å². The van der Waals surface area contributed by atoms with Gasteiger partial charge in [0.05, 0.1) is 18.4 Å². The number of aromatic carboxylic acids is 1. The van der Waals surface area contributed by atoms with Gasteiger partial charge in [-0.15, -0.1) is 0 Å². The smallest absolute Gasteiger partial charge is 0.356 e. The molecule has 1 aromatic carbocycles. The van der Waals surface area contributed by atoms with Gasteiger partial charge >= 0.3 is 5.97 Å². The largest absolute Gasteiger partial charge is 0.476 e. The number of amides is 1. The summed E-state index contributed by atoms with van der Waals surface area (Å²) in [6.07, 6.45) is 4.65. The van der Waals surface area contributed by atoms with Crippen LogP contribution in [0.15, 0.2) is 48.9 Å². The van der Waals surface area contributed by atoms with Gasteiger partial charge in [0.25, 0.3) is 0 Å². The average Bonchev–Trinajstić information content (AvgIpc) is 3.19. The first kappa shape index (κ1) is 16.7. The van der Waals surface area contributed by atoms with Crippen molar-refractivity contribution in [3.63, 3.8) is 0 Å². The Morgan fingerprint density at radius 1 is 1.20 bits per heavy atom. The number of nitrogens with one attached hydrogen (secondary N) is 1. The molecule has 0 aliphatic heterocycles. The molecule has 0 aliphatic carbocycles. The van der Waals surface area contributed by atoms with Crippen molar-refractivity contribution in [1.82, 2.24) is 19.6 Å². The zero-order valence-corrected chi connectivity index (χ0v) is 13.7. The second-order valence-corrected chi connectivity index (χ2v) is 5.68. The van der Waals surface area contributed by atoms with Crippen LogP contribution in [0.4, 0.5) is 5.69 Å². The van der Waals surface area contributed by atoms with Crippen molar-refractivity contribution in [1.29, 1.82) is 0 Å². The summed E-state index contributed by atoms with van der Waals surface area (Å²) in [5.41, 5.74) is 1.34. The number of carboxylic acid groups (broad SMARTS) is 1. The molecule has 2 heterocycles. The molecule has 2 N–H and O–H groups in total. The molecule has 0 fully saturated rings. The van der Waals surface area contributed by atoms with E-state index in [1.54, 1.807) is 16.9 Å². The normalized spacial score (nSPS) is 10.6. The summed E-state index contributed by atoms with van der Waals surface area (Å²) >= 11 is 6.12. The summed E-state index contributed by atoms with van der Waals surface area (Å²) < 4.78 is 2.92. The van der Waals surface area contributed by atoms with Crippen LogP contribution in [0, 0.1) is 0 Å². The van der Waals surface area contributed by atoms with E-state index in [2.05, 4.69) is 15.5 Å². The first-order valence-corrected chi connectivity index (χ1v) is 7.71. The molecule has 0 atom stereocenters. The zero-order valence-electron chi connectivity index (χ0n) is 13.0. The number of hydrogen-bond acceptors (Lipinski definition) is 4. The van der Waals surface area contributed by atoms with E-state index in [0.717, 1.165) is 5.56 Å². The highest BCUT2D eigenvalue weighted by Crippen LogP contribution is 2.16. The van der Waals surface area contributed by atoms with Gasteiger partial charge < -0.3 is 10.4 Å². The van der Waals surface area contributed by atoms with E-state index >= 15 is 0 Å². The fourth-order valence-corrected chi connectivity index (χ4v) is 2.42. The fourth-order valence-electron chi connectivity index (χ4n) is 2.23. The van der Waals surface area contributed by atoms with Gasteiger partial charge in [-0.25, -0.2) is 4.79 Å². The molecule has 8 nitrogen and oxygen atoms in total. The molecule has 0 unspecified atom stereocenters. The minimum absolute atomic E-state index is 0.0943. The van der Waals surface area contributed by atoms with Crippen molar-refractivity contribution in [3.8, 4) is 0 Å². The molecule has 0 aliphatic rings. The minimum Gasteiger partial charge on any atom is -0.476 e. The lowest BCUT2D eigenvalue weighted by atomic mass is 10.2. The lowest BCUT2D eigenvalue weighted by Gasteiger charge is -2.04. The Bertz CT molecular complexity index is 918. The number of nitrogens with zero attached hydrogens (tertiary/aromatic N) is 4. The summed E-state index contributed by atoms with van der Waals surface area (Å²) in [6, 6.07) is 8.78. The number of benzene rings is 1. The predicted molar refractivity (Wildman–Crippen MR) is 90.6 cm³/mol. The molecule has 0 saturated carbocycles. The van der Waals surface area contributed by atoms with E-state index in [1.165, 1.54) is 23.1 Å². The van der Waals surface area contributed by atoms with Crippen LogP contribution in [0.3, 0.4) is 0 Å². The molecule has 0 bridgehead atoms. The van der Waals surface area contributed by atoms with E-state index in [4.69, 9.17) is 16.7 Å². The van der Waals surface area contributed by atoms with Crippen molar-refractivity contribution < 1.29 is 14.7 Å². The molecule has 3 aromatic rings. The number of rotatable bonds is 6. The van der Waals surface area contributed by atoms with Gasteiger partial charge in [0.15, 0.2) is 5.69 Å². The number of carboxylic acids is 1. The Morgan fingerprint density at radius 2 is 2.00 bits per heavy atom. The highest BCUT2D eigenvalue weighted by Gasteiger charge is 2.10. The van der Waals surface area contributed by atoms with Gasteiger partial charge in [0.1, 0.15) is 6.54 Å². The summed E-state index contributed by atoms with van der Waals surface area (Å²) in [5.74, 6) is -1.47. The maximum absolute atomic E-state index is 12.0. The van der Waals surface area contributed by atoms with Crippen LogP contribution in [0.25, 0.3) is 0 Å². The first-order valence-electron chi connectivity index (χ1n) is 7.34. The van der Waals surface area contributed by atoms with Gasteiger partial charge in [-0.2, -0.15) is 10.2 Å². The second kappa shape index (κ2) is 7.18. The van der Waals surface area contributed by atoms with Gasteiger partial charge in [-0.3, -0.25) is 14.2 Å². The van der Waals surface area contributed by atoms with Crippen LogP contribution in [0.2, 0.25) is 5.02 Å². The fraction of sp³-hybridized carbons (Fsp3) is 0.125. The molecule has 128 valence electrons.